The van der Waals surface area contributed by atoms with E-state index in [2.05, 4.69) is 16.5 Å². The first-order valence-electron chi connectivity index (χ1n) is 11.8. The van der Waals surface area contributed by atoms with Crippen molar-refractivity contribution in [3.63, 3.8) is 0 Å². The molecule has 0 aliphatic rings. The normalized spacial score (nSPS) is 13.9. The van der Waals surface area contributed by atoms with Gasteiger partial charge in [-0.2, -0.15) is 0 Å². The molecule has 5 rings (SSSR count). The summed E-state index contributed by atoms with van der Waals surface area (Å²) in [5.74, 6) is 0.118. The molecule has 38 heavy (non-hydrogen) atoms. The molecule has 0 fully saturated rings. The number of halogens is 4. The van der Waals surface area contributed by atoms with Gasteiger partial charge in [-0.1, -0.05) is 0 Å². The summed E-state index contributed by atoms with van der Waals surface area (Å²) >= 11 is -1.14. The van der Waals surface area contributed by atoms with Crippen LogP contribution in [0.3, 0.4) is 0 Å². The summed E-state index contributed by atoms with van der Waals surface area (Å²) < 4.78 is 65.5. The molecule has 3 aromatic carbocycles. The Morgan fingerprint density at radius 2 is 1.71 bits per heavy atom. The van der Waals surface area contributed by atoms with Gasteiger partial charge in [0.15, 0.2) is 0 Å². The second-order valence-electron chi connectivity index (χ2n) is 9.57. The fourth-order valence-corrected chi connectivity index (χ4v) is 6.70. The van der Waals surface area contributed by atoms with Crippen molar-refractivity contribution in [3.8, 4) is 11.4 Å². The van der Waals surface area contributed by atoms with Crippen LogP contribution in [0.15, 0.2) is 73.1 Å². The fourth-order valence-electron chi connectivity index (χ4n) is 4.74. The minimum absolute atomic E-state index is 0.291. The van der Waals surface area contributed by atoms with Crippen molar-refractivity contribution >= 4 is 36.5 Å². The predicted octanol–water partition coefficient (Wildman–Crippen LogP) is 6.41. The molecule has 1 atom stereocenters. The molecule has 10 heteroatoms. The van der Waals surface area contributed by atoms with Crippen LogP contribution < -0.4 is 4.74 Å². The number of methoxy groups -OCH3 is 1. The molecule has 0 aliphatic heterocycles. The van der Waals surface area contributed by atoms with E-state index < -0.39 is 38.8 Å². The zero-order valence-corrected chi connectivity index (χ0v) is 22.9. The van der Waals surface area contributed by atoms with Crippen LogP contribution in [0, 0.1) is 5.82 Å². The molecule has 198 valence electrons. The molecule has 0 radical (unpaired) electrons. The molecular weight excluding hydrogens is 561 g/mol. The number of aliphatic hydroxyl groups is 1. The summed E-state index contributed by atoms with van der Waals surface area (Å²) in [6.07, 6.45) is -1.81. The number of rotatable bonds is 7. The summed E-state index contributed by atoms with van der Waals surface area (Å²) in [6, 6.07) is 15.1. The quantitative estimate of drug-likeness (QED) is 0.177. The Bertz CT molecular complexity index is 1610. The summed E-state index contributed by atoms with van der Waals surface area (Å²) in [4.78, 5) is 0. The monoisotopic (exact) mass is 587 g/mol. The van der Waals surface area contributed by atoms with Crippen molar-refractivity contribution in [2.75, 3.05) is 7.11 Å². The van der Waals surface area contributed by atoms with Crippen molar-refractivity contribution < 1.29 is 27.4 Å². The molecule has 0 aliphatic carbocycles. The molecule has 0 bridgehead atoms. The van der Waals surface area contributed by atoms with Gasteiger partial charge in [0.2, 0.25) is 0 Å². The van der Waals surface area contributed by atoms with E-state index in [9.17, 15) is 22.7 Å². The number of aromatic nitrogens is 3. The standard InChI is InChI=1S/C28H26AsF4N3O2/c1-29(2)14-19-16-35(26-13-23(38-3)9-10-24(19)26)17-27(37,28(31,32)33)20-4-11-25-18(12-20)15-34-36(25)22-7-5-21(30)6-8-22/h4-13,15-16,37H,14,17H2,1-3H3. The Balaban J connectivity index is 1.60. The van der Waals surface area contributed by atoms with Crippen LogP contribution in [0.1, 0.15) is 11.1 Å². The van der Waals surface area contributed by atoms with Gasteiger partial charge in [0.25, 0.3) is 0 Å². The SMILES string of the molecule is COc1ccc2c(C[As](C)C)cn(CC(O)(c3ccc4c(cnn4-c4ccc(F)cc4)c3)C(F)(F)F)c2c1. The van der Waals surface area contributed by atoms with Gasteiger partial charge in [0.05, 0.1) is 0 Å². The van der Waals surface area contributed by atoms with Crippen LogP contribution in [0.25, 0.3) is 27.5 Å². The fraction of sp³-hybridized carbons (Fsp3) is 0.250. The predicted molar refractivity (Wildman–Crippen MR) is 141 cm³/mol. The van der Waals surface area contributed by atoms with Crippen molar-refractivity contribution in [2.24, 2.45) is 0 Å². The third kappa shape index (κ3) is 4.69. The van der Waals surface area contributed by atoms with Crippen molar-refractivity contribution in [3.05, 3.63) is 90.0 Å². The van der Waals surface area contributed by atoms with Crippen molar-refractivity contribution in [1.82, 2.24) is 14.3 Å². The summed E-state index contributed by atoms with van der Waals surface area (Å²) in [7, 11) is 1.50. The molecule has 0 amide bonds. The van der Waals surface area contributed by atoms with E-state index in [0.717, 1.165) is 16.2 Å². The molecule has 5 aromatic rings. The maximum absolute atomic E-state index is 14.6. The first-order valence-corrected chi connectivity index (χ1v) is 16.9. The van der Waals surface area contributed by atoms with Crippen LogP contribution in [-0.4, -0.2) is 47.4 Å². The number of benzene rings is 3. The Hall–Kier alpha value is -3.29. The van der Waals surface area contributed by atoms with E-state index in [0.29, 0.717) is 27.9 Å². The third-order valence-corrected chi connectivity index (χ3v) is 8.69. The number of hydrogen-bond acceptors (Lipinski definition) is 3. The van der Waals surface area contributed by atoms with E-state index >= 15 is 0 Å². The molecule has 2 aromatic heterocycles. The van der Waals surface area contributed by atoms with Gasteiger partial charge >= 0.3 is 187 Å². The first kappa shape index (κ1) is 26.3. The average Bonchev–Trinajstić information content (AvgIpc) is 3.44. The second-order valence-corrected chi connectivity index (χ2v) is 14.8. The summed E-state index contributed by atoms with van der Waals surface area (Å²) in [5.41, 5.74) is 3.55. The van der Waals surface area contributed by atoms with E-state index in [-0.39, 0.29) is 5.56 Å². The summed E-state index contributed by atoms with van der Waals surface area (Å²) in [6.45, 7) is -0.724. The molecule has 1 unspecified atom stereocenters. The number of fused-ring (bicyclic) bond motifs is 2. The average molecular weight is 587 g/mol. The van der Waals surface area contributed by atoms with Gasteiger partial charge in [-0.25, -0.2) is 4.39 Å². The van der Waals surface area contributed by atoms with Crippen LogP contribution >= 0.6 is 0 Å². The van der Waals surface area contributed by atoms with Crippen molar-refractivity contribution in [2.45, 2.75) is 35.0 Å². The van der Waals surface area contributed by atoms with Gasteiger partial charge in [0.1, 0.15) is 5.82 Å². The van der Waals surface area contributed by atoms with Crippen LogP contribution in [0.2, 0.25) is 11.4 Å². The van der Waals surface area contributed by atoms with Gasteiger partial charge in [-0.05, 0) is 24.3 Å². The zero-order valence-electron chi connectivity index (χ0n) is 21.0. The molecule has 1 N–H and O–H groups in total. The maximum atomic E-state index is 14.6. The second kappa shape index (κ2) is 9.78. The van der Waals surface area contributed by atoms with Gasteiger partial charge in [-0.3, -0.25) is 0 Å². The molecule has 0 spiro atoms. The van der Waals surface area contributed by atoms with Crippen LogP contribution in [0.4, 0.5) is 17.6 Å². The Labute approximate surface area is 221 Å². The van der Waals surface area contributed by atoms with E-state index in [4.69, 9.17) is 4.74 Å². The Kier molecular flexibility index (Phi) is 6.78. The number of alkyl halides is 3. The van der Waals surface area contributed by atoms with Crippen LogP contribution in [-0.2, 0) is 17.4 Å². The van der Waals surface area contributed by atoms with Gasteiger partial charge < -0.3 is 0 Å². The molecule has 5 nitrogen and oxygen atoms in total. The topological polar surface area (TPSA) is 52.2 Å². The Morgan fingerprint density at radius 3 is 2.37 bits per heavy atom. The molecule has 0 saturated carbocycles. The third-order valence-electron chi connectivity index (χ3n) is 6.64. The number of nitrogens with zero attached hydrogens (tertiary/aromatic N) is 3. The van der Waals surface area contributed by atoms with Crippen LogP contribution in [0.5, 0.6) is 5.75 Å². The number of hydrogen-bond donors (Lipinski definition) is 1. The van der Waals surface area contributed by atoms with E-state index in [1.54, 1.807) is 18.3 Å². The van der Waals surface area contributed by atoms with Crippen molar-refractivity contribution in [1.29, 1.82) is 0 Å². The first-order chi connectivity index (χ1) is 18.0. The van der Waals surface area contributed by atoms with Gasteiger partial charge in [-0.15, -0.1) is 0 Å². The Morgan fingerprint density at radius 1 is 0.974 bits per heavy atom. The van der Waals surface area contributed by atoms with E-state index in [1.807, 2.05) is 6.07 Å². The minimum atomic E-state index is -4.96. The van der Waals surface area contributed by atoms with Gasteiger partial charge in [0, 0.05) is 0 Å². The molecular formula is C28H26AsF4N3O2. The molecule has 2 heterocycles. The van der Waals surface area contributed by atoms with E-state index in [1.165, 1.54) is 65.0 Å². The number of ether oxygens (including phenoxy) is 1. The molecule has 0 saturated heterocycles. The summed E-state index contributed by atoms with van der Waals surface area (Å²) in [5, 5.41) is 17.7. The zero-order chi connectivity index (χ0) is 27.2.